The highest BCUT2D eigenvalue weighted by Crippen LogP contribution is 2.31. The van der Waals surface area contributed by atoms with Crippen LogP contribution >= 0.6 is 23.1 Å². The molecule has 0 unspecified atom stereocenters. The molecule has 0 atom stereocenters. The van der Waals surface area contributed by atoms with Gasteiger partial charge in [-0.25, -0.2) is 0 Å². The highest BCUT2D eigenvalue weighted by atomic mass is 32.2. The third-order valence-electron chi connectivity index (χ3n) is 4.13. The maximum Gasteiger partial charge on any atom is 0.233 e. The summed E-state index contributed by atoms with van der Waals surface area (Å²) in [7, 11) is 3.31. The molecule has 0 bridgehead atoms. The molecule has 3 rings (SSSR count). The highest BCUT2D eigenvalue weighted by Gasteiger charge is 2.32. The lowest BCUT2D eigenvalue weighted by Crippen LogP contribution is -2.33. The number of methoxy groups -OCH3 is 2. The Morgan fingerprint density at radius 2 is 2.07 bits per heavy atom. The molecule has 1 fully saturated rings. The zero-order valence-electron chi connectivity index (χ0n) is 15.5. The number of rotatable bonds is 11. The largest absolute Gasteiger partial charge is 0.497 e. The van der Waals surface area contributed by atoms with Gasteiger partial charge in [-0.2, -0.15) is 0 Å². The lowest BCUT2D eigenvalue weighted by atomic mass is 10.2. The van der Waals surface area contributed by atoms with Gasteiger partial charge in [0.25, 0.3) is 0 Å². The number of ether oxygens (including phenoxy) is 2. The van der Waals surface area contributed by atoms with Crippen molar-refractivity contribution in [3.8, 4) is 5.75 Å². The molecule has 0 radical (unpaired) electrons. The van der Waals surface area contributed by atoms with Crippen LogP contribution in [0.1, 0.15) is 18.4 Å². The van der Waals surface area contributed by atoms with E-state index in [1.807, 2.05) is 29.2 Å². The van der Waals surface area contributed by atoms with Crippen LogP contribution in [0.25, 0.3) is 0 Å². The standard InChI is InChI=1S/C18H24N4O3S2/c1-24-10-9-19-17-20-21-18(27-17)26-12-16(23)22(14-5-6-14)11-13-3-7-15(25-2)8-4-13/h3-4,7-8,14H,5-6,9-12H2,1-2H3,(H,19,20). The maximum atomic E-state index is 12.7. The minimum Gasteiger partial charge on any atom is -0.497 e. The van der Waals surface area contributed by atoms with Gasteiger partial charge in [0.2, 0.25) is 11.0 Å². The molecule has 27 heavy (non-hydrogen) atoms. The number of thioether (sulfide) groups is 1. The van der Waals surface area contributed by atoms with E-state index < -0.39 is 0 Å². The minimum atomic E-state index is 0.141. The van der Waals surface area contributed by atoms with Crippen molar-refractivity contribution in [1.82, 2.24) is 15.1 Å². The van der Waals surface area contributed by atoms with Crippen LogP contribution in [-0.2, 0) is 16.1 Å². The lowest BCUT2D eigenvalue weighted by molar-refractivity contribution is -0.129. The second-order valence-corrected chi connectivity index (χ2v) is 8.38. The number of nitrogens with one attached hydrogen (secondary N) is 1. The molecule has 1 aliphatic rings. The molecular formula is C18H24N4O3S2. The number of hydrogen-bond acceptors (Lipinski definition) is 8. The zero-order chi connectivity index (χ0) is 19.1. The molecule has 146 valence electrons. The molecule has 0 aliphatic heterocycles. The summed E-state index contributed by atoms with van der Waals surface area (Å²) < 4.78 is 11.0. The summed E-state index contributed by atoms with van der Waals surface area (Å²) >= 11 is 2.90. The molecule has 1 aromatic carbocycles. The van der Waals surface area contributed by atoms with Gasteiger partial charge in [0, 0.05) is 26.2 Å². The smallest absolute Gasteiger partial charge is 0.233 e. The number of anilines is 1. The van der Waals surface area contributed by atoms with E-state index in [9.17, 15) is 4.79 Å². The quantitative estimate of drug-likeness (QED) is 0.452. The van der Waals surface area contributed by atoms with Crippen LogP contribution < -0.4 is 10.1 Å². The first-order valence-electron chi connectivity index (χ1n) is 8.81. The summed E-state index contributed by atoms with van der Waals surface area (Å²) in [6, 6.07) is 8.24. The average Bonchev–Trinajstić information content (AvgIpc) is 3.43. The molecule has 1 saturated carbocycles. The van der Waals surface area contributed by atoms with Gasteiger partial charge in [0.05, 0.1) is 19.5 Å². The second kappa shape index (κ2) is 9.91. The summed E-state index contributed by atoms with van der Waals surface area (Å²) in [6.45, 7) is 1.93. The van der Waals surface area contributed by atoms with E-state index in [1.54, 1.807) is 14.2 Å². The summed E-state index contributed by atoms with van der Waals surface area (Å²) in [5.41, 5.74) is 1.11. The maximum absolute atomic E-state index is 12.7. The molecule has 9 heteroatoms. The molecule has 0 saturated heterocycles. The van der Waals surface area contributed by atoms with Crippen molar-refractivity contribution in [2.75, 3.05) is 38.4 Å². The van der Waals surface area contributed by atoms with Gasteiger partial charge in [0.15, 0.2) is 4.34 Å². The molecule has 1 aliphatic carbocycles. The fourth-order valence-electron chi connectivity index (χ4n) is 2.54. The first-order valence-corrected chi connectivity index (χ1v) is 10.6. The Bertz CT molecular complexity index is 734. The van der Waals surface area contributed by atoms with E-state index in [4.69, 9.17) is 9.47 Å². The number of carbonyl (C=O) groups excluding carboxylic acids is 1. The molecular weight excluding hydrogens is 384 g/mol. The molecule has 0 spiro atoms. The summed E-state index contributed by atoms with van der Waals surface area (Å²) in [6.07, 6.45) is 2.16. The van der Waals surface area contributed by atoms with Crippen molar-refractivity contribution in [2.24, 2.45) is 0 Å². The first kappa shape index (κ1) is 19.9. The molecule has 1 amide bonds. The number of nitrogens with zero attached hydrogens (tertiary/aromatic N) is 3. The molecule has 2 aromatic rings. The van der Waals surface area contributed by atoms with Crippen LogP contribution in [0, 0.1) is 0 Å². The first-order chi connectivity index (χ1) is 13.2. The summed E-state index contributed by atoms with van der Waals surface area (Å²) in [5, 5.41) is 12.1. The van der Waals surface area contributed by atoms with Gasteiger partial charge in [-0.15, -0.1) is 10.2 Å². The van der Waals surface area contributed by atoms with Crippen molar-refractivity contribution in [3.05, 3.63) is 29.8 Å². The summed E-state index contributed by atoms with van der Waals surface area (Å²) in [5.74, 6) is 1.34. The van der Waals surface area contributed by atoms with Crippen LogP contribution in [0.4, 0.5) is 5.13 Å². The number of aromatic nitrogens is 2. The lowest BCUT2D eigenvalue weighted by Gasteiger charge is -2.22. The van der Waals surface area contributed by atoms with Gasteiger partial charge in [-0.3, -0.25) is 4.79 Å². The van der Waals surface area contributed by atoms with Crippen molar-refractivity contribution < 1.29 is 14.3 Å². The third kappa shape index (κ3) is 6.08. The zero-order valence-corrected chi connectivity index (χ0v) is 17.1. The van der Waals surface area contributed by atoms with Crippen molar-refractivity contribution in [2.45, 2.75) is 29.8 Å². The van der Waals surface area contributed by atoms with E-state index in [0.717, 1.165) is 33.6 Å². The topological polar surface area (TPSA) is 76.6 Å². The predicted molar refractivity (Wildman–Crippen MR) is 108 cm³/mol. The second-order valence-electron chi connectivity index (χ2n) is 6.18. The van der Waals surface area contributed by atoms with Crippen LogP contribution in [0.5, 0.6) is 5.75 Å². The van der Waals surface area contributed by atoms with Gasteiger partial charge in [-0.05, 0) is 30.5 Å². The van der Waals surface area contributed by atoms with Crippen LogP contribution in [0.2, 0.25) is 0 Å². The normalized spacial score (nSPS) is 13.4. The van der Waals surface area contributed by atoms with Gasteiger partial charge in [-0.1, -0.05) is 35.2 Å². The minimum absolute atomic E-state index is 0.141. The van der Waals surface area contributed by atoms with Crippen molar-refractivity contribution >= 4 is 34.1 Å². The fraction of sp³-hybridized carbons (Fsp3) is 0.500. The van der Waals surface area contributed by atoms with Crippen LogP contribution in [0.15, 0.2) is 28.6 Å². The summed E-state index contributed by atoms with van der Waals surface area (Å²) in [4.78, 5) is 14.7. The van der Waals surface area contributed by atoms with Gasteiger partial charge in [0.1, 0.15) is 5.75 Å². The van der Waals surface area contributed by atoms with Crippen LogP contribution in [0.3, 0.4) is 0 Å². The van der Waals surface area contributed by atoms with E-state index in [2.05, 4.69) is 15.5 Å². The van der Waals surface area contributed by atoms with Crippen LogP contribution in [-0.4, -0.2) is 60.2 Å². The van der Waals surface area contributed by atoms with E-state index in [-0.39, 0.29) is 5.91 Å². The average molecular weight is 409 g/mol. The van der Waals surface area contributed by atoms with Gasteiger partial charge >= 0.3 is 0 Å². The highest BCUT2D eigenvalue weighted by molar-refractivity contribution is 8.01. The number of amides is 1. The Morgan fingerprint density at radius 3 is 2.74 bits per heavy atom. The Kier molecular flexibility index (Phi) is 7.31. The van der Waals surface area contributed by atoms with Crippen molar-refractivity contribution in [1.29, 1.82) is 0 Å². The molecule has 1 N–H and O–H groups in total. The Morgan fingerprint density at radius 1 is 1.30 bits per heavy atom. The molecule has 7 nitrogen and oxygen atoms in total. The van der Waals surface area contributed by atoms with E-state index in [1.165, 1.54) is 23.1 Å². The molecule has 1 aromatic heterocycles. The number of carbonyl (C=O) groups is 1. The van der Waals surface area contributed by atoms with Crippen molar-refractivity contribution in [3.63, 3.8) is 0 Å². The Labute approximate surface area is 167 Å². The Balaban J connectivity index is 1.51. The van der Waals surface area contributed by atoms with E-state index >= 15 is 0 Å². The Hall–Kier alpha value is -1.84. The van der Waals surface area contributed by atoms with Gasteiger partial charge < -0.3 is 19.7 Å². The number of benzene rings is 1. The fourth-order valence-corrected chi connectivity index (χ4v) is 4.20. The monoisotopic (exact) mass is 408 g/mol. The van der Waals surface area contributed by atoms with E-state index in [0.29, 0.717) is 31.5 Å². The number of hydrogen-bond donors (Lipinski definition) is 1. The predicted octanol–water partition coefficient (Wildman–Crippen LogP) is 2.89. The molecule has 1 heterocycles. The SMILES string of the molecule is COCCNc1nnc(SCC(=O)N(Cc2ccc(OC)cc2)C2CC2)s1. The third-order valence-corrected chi connectivity index (χ3v) is 6.13.